The molecule has 4 nitrogen and oxygen atoms in total. The summed E-state index contributed by atoms with van der Waals surface area (Å²) >= 11 is 1.66. The first kappa shape index (κ1) is 14.0. The van der Waals surface area contributed by atoms with Crippen molar-refractivity contribution in [1.29, 1.82) is 0 Å². The van der Waals surface area contributed by atoms with Crippen LogP contribution in [0.25, 0.3) is 0 Å². The number of anilines is 1. The van der Waals surface area contributed by atoms with Gasteiger partial charge in [-0.15, -0.1) is 11.8 Å². The van der Waals surface area contributed by atoms with E-state index in [2.05, 4.69) is 5.32 Å². The van der Waals surface area contributed by atoms with E-state index in [1.807, 2.05) is 30.5 Å². The Hall–Kier alpha value is -1.04. The molecule has 1 amide bonds. The molecule has 5 heteroatoms. The molecular weight excluding hydrogens is 238 g/mol. The number of rotatable bonds is 7. The quantitative estimate of drug-likeness (QED) is 0.598. The molecule has 0 radical (unpaired) electrons. The highest BCUT2D eigenvalue weighted by atomic mass is 32.2. The Morgan fingerprint density at radius 2 is 2.00 bits per heavy atom. The lowest BCUT2D eigenvalue weighted by molar-refractivity contribution is -0.121. The molecular formula is C12H17NO3S. The van der Waals surface area contributed by atoms with Crippen LogP contribution in [0.1, 0.15) is 0 Å². The van der Waals surface area contributed by atoms with Crippen LogP contribution in [0.3, 0.4) is 0 Å². The minimum absolute atomic E-state index is 0.0492. The maximum absolute atomic E-state index is 11.4. The molecule has 1 aromatic rings. The zero-order valence-corrected chi connectivity index (χ0v) is 10.9. The number of carbonyl (C=O) groups is 1. The molecule has 0 aromatic heterocycles. The Morgan fingerprint density at radius 3 is 2.59 bits per heavy atom. The summed E-state index contributed by atoms with van der Waals surface area (Å²) in [6.07, 6.45) is 2.01. The first-order valence-corrected chi connectivity index (χ1v) is 6.49. The van der Waals surface area contributed by atoms with Gasteiger partial charge in [0, 0.05) is 17.7 Å². The third kappa shape index (κ3) is 5.72. The van der Waals surface area contributed by atoms with E-state index in [0.29, 0.717) is 13.2 Å². The predicted molar refractivity (Wildman–Crippen MR) is 69.5 cm³/mol. The van der Waals surface area contributed by atoms with Crippen LogP contribution in [-0.4, -0.2) is 39.1 Å². The molecule has 0 saturated heterocycles. The highest BCUT2D eigenvalue weighted by Crippen LogP contribution is 2.17. The van der Waals surface area contributed by atoms with Crippen LogP contribution >= 0.6 is 11.8 Å². The standard InChI is InChI=1S/C12H17NO3S/c1-15-7-8-16-9-12(14)13-10-3-5-11(17-2)6-4-10/h3-6H,7-9H2,1-2H3,(H,13,14). The van der Waals surface area contributed by atoms with Crippen molar-refractivity contribution in [1.82, 2.24) is 0 Å². The fraction of sp³-hybridized carbons (Fsp3) is 0.417. The van der Waals surface area contributed by atoms with E-state index in [1.165, 1.54) is 4.90 Å². The number of methoxy groups -OCH3 is 1. The summed E-state index contributed by atoms with van der Waals surface area (Å²) < 4.78 is 9.92. The van der Waals surface area contributed by atoms with Crippen LogP contribution in [0.2, 0.25) is 0 Å². The van der Waals surface area contributed by atoms with E-state index >= 15 is 0 Å². The number of nitrogens with one attached hydrogen (secondary N) is 1. The number of thioether (sulfide) groups is 1. The summed E-state index contributed by atoms with van der Waals surface area (Å²) in [4.78, 5) is 12.6. The number of amides is 1. The van der Waals surface area contributed by atoms with Crippen molar-refractivity contribution in [2.24, 2.45) is 0 Å². The third-order valence-electron chi connectivity index (χ3n) is 2.04. The molecule has 0 spiro atoms. The number of hydrogen-bond acceptors (Lipinski definition) is 4. The lowest BCUT2D eigenvalue weighted by Gasteiger charge is -2.06. The fourth-order valence-corrected chi connectivity index (χ4v) is 1.59. The maximum Gasteiger partial charge on any atom is 0.250 e. The van der Waals surface area contributed by atoms with Crippen LogP contribution in [0.15, 0.2) is 29.2 Å². The van der Waals surface area contributed by atoms with E-state index in [-0.39, 0.29) is 12.5 Å². The van der Waals surface area contributed by atoms with Gasteiger partial charge in [0.25, 0.3) is 0 Å². The van der Waals surface area contributed by atoms with Crippen molar-refractivity contribution in [2.75, 3.05) is 38.5 Å². The molecule has 0 fully saturated rings. The average molecular weight is 255 g/mol. The second-order valence-corrected chi connectivity index (χ2v) is 4.20. The summed E-state index contributed by atoms with van der Waals surface area (Å²) in [7, 11) is 1.59. The molecule has 94 valence electrons. The SMILES string of the molecule is COCCOCC(=O)Nc1ccc(SC)cc1. The Labute approximate surface area is 106 Å². The van der Waals surface area contributed by atoms with Gasteiger partial charge in [0.15, 0.2) is 0 Å². The largest absolute Gasteiger partial charge is 0.382 e. The summed E-state index contributed by atoms with van der Waals surface area (Å²) in [5, 5.41) is 2.76. The minimum Gasteiger partial charge on any atom is -0.382 e. The van der Waals surface area contributed by atoms with Gasteiger partial charge in [-0.25, -0.2) is 0 Å². The summed E-state index contributed by atoms with van der Waals surface area (Å²) in [6.45, 7) is 0.971. The monoisotopic (exact) mass is 255 g/mol. The lowest BCUT2D eigenvalue weighted by Crippen LogP contribution is -2.19. The molecule has 0 atom stereocenters. The number of carbonyl (C=O) groups excluding carboxylic acids is 1. The van der Waals surface area contributed by atoms with Crippen LogP contribution in [0.5, 0.6) is 0 Å². The van der Waals surface area contributed by atoms with E-state index in [1.54, 1.807) is 18.9 Å². The van der Waals surface area contributed by atoms with E-state index in [4.69, 9.17) is 9.47 Å². The highest BCUT2D eigenvalue weighted by molar-refractivity contribution is 7.98. The molecule has 17 heavy (non-hydrogen) atoms. The van der Waals surface area contributed by atoms with Crippen molar-refractivity contribution >= 4 is 23.4 Å². The van der Waals surface area contributed by atoms with Crippen molar-refractivity contribution < 1.29 is 14.3 Å². The average Bonchev–Trinajstić information content (AvgIpc) is 2.36. The van der Waals surface area contributed by atoms with Gasteiger partial charge in [0.1, 0.15) is 6.61 Å². The number of hydrogen-bond donors (Lipinski definition) is 1. The van der Waals surface area contributed by atoms with Gasteiger partial charge in [-0.1, -0.05) is 0 Å². The highest BCUT2D eigenvalue weighted by Gasteiger charge is 2.02. The Balaban J connectivity index is 2.29. The molecule has 0 aliphatic heterocycles. The fourth-order valence-electron chi connectivity index (χ4n) is 1.18. The van der Waals surface area contributed by atoms with E-state index < -0.39 is 0 Å². The molecule has 1 rings (SSSR count). The van der Waals surface area contributed by atoms with Crippen LogP contribution in [0.4, 0.5) is 5.69 Å². The van der Waals surface area contributed by atoms with Gasteiger partial charge in [-0.2, -0.15) is 0 Å². The molecule has 0 bridgehead atoms. The minimum atomic E-state index is -0.155. The van der Waals surface area contributed by atoms with Crippen LogP contribution in [-0.2, 0) is 14.3 Å². The summed E-state index contributed by atoms with van der Waals surface area (Å²) in [5.41, 5.74) is 0.781. The Morgan fingerprint density at radius 1 is 1.29 bits per heavy atom. The van der Waals surface area contributed by atoms with Gasteiger partial charge in [0.05, 0.1) is 13.2 Å². The van der Waals surface area contributed by atoms with Gasteiger partial charge in [0.2, 0.25) is 5.91 Å². The molecule has 1 N–H and O–H groups in total. The normalized spacial score (nSPS) is 10.2. The number of benzene rings is 1. The first-order valence-electron chi connectivity index (χ1n) is 5.27. The van der Waals surface area contributed by atoms with Gasteiger partial charge in [-0.3, -0.25) is 4.79 Å². The third-order valence-corrected chi connectivity index (χ3v) is 2.78. The van der Waals surface area contributed by atoms with Gasteiger partial charge in [-0.05, 0) is 30.5 Å². The van der Waals surface area contributed by atoms with Crippen LogP contribution in [0, 0.1) is 0 Å². The van der Waals surface area contributed by atoms with Crippen molar-refractivity contribution in [3.63, 3.8) is 0 Å². The molecule has 1 aromatic carbocycles. The predicted octanol–water partition coefficient (Wildman–Crippen LogP) is 2.01. The maximum atomic E-state index is 11.4. The molecule has 0 aliphatic rings. The smallest absolute Gasteiger partial charge is 0.250 e. The summed E-state index contributed by atoms with van der Waals surface area (Å²) in [6, 6.07) is 7.68. The van der Waals surface area contributed by atoms with Crippen molar-refractivity contribution in [2.45, 2.75) is 4.90 Å². The van der Waals surface area contributed by atoms with Crippen LogP contribution < -0.4 is 5.32 Å². The second kappa shape index (κ2) is 8.11. The molecule has 0 unspecified atom stereocenters. The zero-order chi connectivity index (χ0) is 12.5. The number of ether oxygens (including phenoxy) is 2. The summed E-state index contributed by atoms with van der Waals surface area (Å²) in [5.74, 6) is -0.155. The zero-order valence-electron chi connectivity index (χ0n) is 10.1. The first-order chi connectivity index (χ1) is 8.26. The Kier molecular flexibility index (Phi) is 6.69. The Bertz CT molecular complexity index is 340. The van der Waals surface area contributed by atoms with Gasteiger partial charge < -0.3 is 14.8 Å². The van der Waals surface area contributed by atoms with Crippen molar-refractivity contribution in [3.8, 4) is 0 Å². The molecule has 0 aliphatic carbocycles. The van der Waals surface area contributed by atoms with E-state index in [9.17, 15) is 4.79 Å². The molecule has 0 saturated carbocycles. The van der Waals surface area contributed by atoms with Gasteiger partial charge >= 0.3 is 0 Å². The second-order valence-electron chi connectivity index (χ2n) is 3.32. The topological polar surface area (TPSA) is 47.6 Å². The van der Waals surface area contributed by atoms with E-state index in [0.717, 1.165) is 5.69 Å². The lowest BCUT2D eigenvalue weighted by atomic mass is 10.3. The van der Waals surface area contributed by atoms with Crippen molar-refractivity contribution in [3.05, 3.63) is 24.3 Å². The molecule has 0 heterocycles.